The Balaban J connectivity index is 1.55. The van der Waals surface area contributed by atoms with Crippen molar-refractivity contribution in [2.24, 2.45) is 4.99 Å². The number of nitrogens with one attached hydrogen (secondary N) is 1. The van der Waals surface area contributed by atoms with Gasteiger partial charge in [-0.05, 0) is 63.8 Å². The second kappa shape index (κ2) is 9.29. The van der Waals surface area contributed by atoms with Crippen molar-refractivity contribution in [1.29, 1.82) is 0 Å². The molecule has 1 unspecified atom stereocenters. The number of hydrogen-bond donors (Lipinski definition) is 2. The van der Waals surface area contributed by atoms with Crippen molar-refractivity contribution >= 4 is 18.1 Å². The fraction of sp³-hybridized carbons (Fsp3) is 0.250. The lowest BCUT2D eigenvalue weighted by atomic mass is 10.1. The van der Waals surface area contributed by atoms with Crippen LogP contribution in [-0.2, 0) is 0 Å². The topological polar surface area (TPSA) is 99.6 Å². The van der Waals surface area contributed by atoms with Crippen molar-refractivity contribution in [3.05, 3.63) is 95.1 Å². The number of carbonyl (C=O) groups is 2. The van der Waals surface area contributed by atoms with Gasteiger partial charge in [-0.3, -0.25) is 4.57 Å². The fourth-order valence-corrected chi connectivity index (χ4v) is 5.39. The zero-order valence-corrected chi connectivity index (χ0v) is 22.3. The number of aryl methyl sites for hydroxylation is 6. The molecule has 3 amide bonds. The third kappa shape index (κ3) is 4.34. The number of nitrogens with zero attached hydrogens (tertiary/aromatic N) is 6. The molecule has 3 heterocycles. The molecule has 0 saturated carbocycles. The summed E-state index contributed by atoms with van der Waals surface area (Å²) in [6.07, 6.45) is 8.25. The lowest BCUT2D eigenvalue weighted by Gasteiger charge is -2.22. The van der Waals surface area contributed by atoms with Gasteiger partial charge in [-0.25, -0.2) is 24.0 Å². The van der Waals surface area contributed by atoms with Crippen molar-refractivity contribution in [2.45, 2.75) is 47.8 Å². The Bertz CT molecular complexity index is 1580. The Morgan fingerprint density at radius 2 is 1.34 bits per heavy atom. The Kier molecular flexibility index (Phi) is 6.10. The predicted molar refractivity (Wildman–Crippen MR) is 141 cm³/mol. The largest absolute Gasteiger partial charge is 0.464 e. The first-order valence-corrected chi connectivity index (χ1v) is 12.3. The first kappa shape index (κ1) is 24.9. The van der Waals surface area contributed by atoms with Crippen LogP contribution in [0.5, 0.6) is 0 Å². The number of imidazole rings is 2. The van der Waals surface area contributed by atoms with Crippen LogP contribution in [0.25, 0.3) is 11.4 Å². The quantitative estimate of drug-likeness (QED) is 0.408. The summed E-state index contributed by atoms with van der Waals surface area (Å²) in [5.41, 5.74) is 8.80. The summed E-state index contributed by atoms with van der Waals surface area (Å²) in [6.45, 7) is 12.3. The van der Waals surface area contributed by atoms with Crippen LogP contribution in [0.2, 0.25) is 0 Å². The van der Waals surface area contributed by atoms with E-state index in [1.54, 1.807) is 27.9 Å². The number of amides is 3. The first-order valence-electron chi connectivity index (χ1n) is 12.3. The molecule has 194 valence electrons. The minimum atomic E-state index is -1.40. The molecule has 5 rings (SSSR count). The van der Waals surface area contributed by atoms with Gasteiger partial charge >= 0.3 is 24.4 Å². The molecule has 0 aliphatic carbocycles. The van der Waals surface area contributed by atoms with Crippen LogP contribution in [0.4, 0.5) is 9.59 Å². The maximum atomic E-state index is 13.0. The summed E-state index contributed by atoms with van der Waals surface area (Å²) in [5, 5.41) is 12.5. The van der Waals surface area contributed by atoms with Gasteiger partial charge in [-0.1, -0.05) is 40.4 Å². The molecule has 10 heteroatoms. The maximum Gasteiger partial charge on any atom is 0.422 e. The molecule has 38 heavy (non-hydrogen) atoms. The van der Waals surface area contributed by atoms with Crippen LogP contribution in [0.1, 0.15) is 39.7 Å². The summed E-state index contributed by atoms with van der Waals surface area (Å²) in [7, 11) is 0. The number of rotatable bonds is 3. The van der Waals surface area contributed by atoms with E-state index in [9.17, 15) is 14.7 Å². The van der Waals surface area contributed by atoms with Crippen LogP contribution in [0.15, 0.2) is 66.7 Å². The monoisotopic (exact) mass is 513 g/mol. The minimum absolute atomic E-state index is 0.224. The fourth-order valence-electron chi connectivity index (χ4n) is 5.39. The third-order valence-electron chi connectivity index (χ3n) is 6.70. The Labute approximate surface area is 220 Å². The molecule has 2 aromatic heterocycles. The molecule has 2 N–H and O–H groups in total. The smallest absolute Gasteiger partial charge is 0.422 e. The van der Waals surface area contributed by atoms with Gasteiger partial charge in [0, 0.05) is 0 Å². The highest BCUT2D eigenvalue weighted by Gasteiger charge is 2.43. The summed E-state index contributed by atoms with van der Waals surface area (Å²) in [6, 6.07) is 7.65. The van der Waals surface area contributed by atoms with Gasteiger partial charge < -0.3 is 5.11 Å². The summed E-state index contributed by atoms with van der Waals surface area (Å²) < 4.78 is 7.16. The second-order valence-electron chi connectivity index (χ2n) is 9.87. The average Bonchev–Trinajstić information content (AvgIpc) is 3.47. The number of urea groups is 1. The van der Waals surface area contributed by atoms with Gasteiger partial charge in [-0.15, -0.1) is 4.90 Å². The molecule has 0 radical (unpaired) electrons. The normalized spacial score (nSPS) is 15.4. The molecule has 1 aliphatic heterocycles. The summed E-state index contributed by atoms with van der Waals surface area (Å²) in [5.74, 6) is 0.224. The molecule has 10 nitrogen and oxygen atoms in total. The van der Waals surface area contributed by atoms with Gasteiger partial charge in [0.05, 0.1) is 18.1 Å². The van der Waals surface area contributed by atoms with E-state index in [1.807, 2.05) is 48.6 Å². The predicted octanol–water partition coefficient (Wildman–Crippen LogP) is 3.76. The second-order valence-corrected chi connectivity index (χ2v) is 9.87. The number of aliphatic imine (C=N–C) groups is 1. The van der Waals surface area contributed by atoms with Gasteiger partial charge in [0.25, 0.3) is 6.33 Å². The van der Waals surface area contributed by atoms with Gasteiger partial charge in [0.15, 0.2) is 6.33 Å². The zero-order chi connectivity index (χ0) is 27.3. The molecular weight excluding hydrogens is 482 g/mol. The number of aromatic nitrogens is 4. The SMILES string of the molecule is Cc1cc(C)c(-n2cc[n+](C3=NC([n+]4ccn(-c5c(C)cc(C)cc5C)c4)N(C(=O)O)C(=O)N3)c2)c(C)c1. The van der Waals surface area contributed by atoms with E-state index in [0.29, 0.717) is 4.90 Å². The standard InChI is InChI=1S/C28H29N7O3/c1-17-11-19(3)23(20(4)12-17)31-7-9-33(15-31)25-29-26(35(28(37)38)27(36)30-25)34-10-8-32(16-34)24-21(5)13-18(2)14-22(24)6/h7-16,26H,1-6H3/p+2. The third-order valence-corrected chi connectivity index (χ3v) is 6.70. The Morgan fingerprint density at radius 3 is 1.87 bits per heavy atom. The number of carboxylic acid groups (broad SMARTS) is 1. The Morgan fingerprint density at radius 1 is 0.842 bits per heavy atom. The molecule has 0 saturated heterocycles. The van der Waals surface area contributed by atoms with Gasteiger partial charge in [0.2, 0.25) is 0 Å². The molecular formula is C28H31N7O3+2. The van der Waals surface area contributed by atoms with Crippen molar-refractivity contribution in [1.82, 2.24) is 19.4 Å². The van der Waals surface area contributed by atoms with Crippen molar-refractivity contribution in [3.8, 4) is 11.4 Å². The maximum absolute atomic E-state index is 13.0. The summed E-state index contributed by atoms with van der Waals surface area (Å²) >= 11 is 0. The Hall–Kier alpha value is -4.73. The highest BCUT2D eigenvalue weighted by atomic mass is 16.4. The molecule has 0 spiro atoms. The average molecular weight is 514 g/mol. The molecule has 2 aromatic carbocycles. The van der Waals surface area contributed by atoms with E-state index in [1.165, 1.54) is 11.1 Å². The first-order chi connectivity index (χ1) is 18.0. The number of imide groups is 1. The highest BCUT2D eigenvalue weighted by molar-refractivity contribution is 6.00. The van der Waals surface area contributed by atoms with E-state index < -0.39 is 18.4 Å². The van der Waals surface area contributed by atoms with E-state index in [4.69, 9.17) is 0 Å². The highest BCUT2D eigenvalue weighted by Crippen LogP contribution is 2.22. The molecule has 4 aromatic rings. The zero-order valence-electron chi connectivity index (χ0n) is 22.3. The van der Waals surface area contributed by atoms with Crippen molar-refractivity contribution in [2.75, 3.05) is 0 Å². The van der Waals surface area contributed by atoms with E-state index >= 15 is 0 Å². The van der Waals surface area contributed by atoms with Crippen LogP contribution in [0, 0.1) is 41.5 Å². The molecule has 0 bridgehead atoms. The van der Waals surface area contributed by atoms with E-state index in [0.717, 1.165) is 33.6 Å². The minimum Gasteiger partial charge on any atom is -0.464 e. The molecule has 1 atom stereocenters. The van der Waals surface area contributed by atoms with Crippen molar-refractivity contribution < 1.29 is 23.8 Å². The number of hydrogen-bond acceptors (Lipinski definition) is 3. The van der Waals surface area contributed by atoms with Gasteiger partial charge in [-0.2, -0.15) is 4.57 Å². The summed E-state index contributed by atoms with van der Waals surface area (Å²) in [4.78, 5) is 30.3. The van der Waals surface area contributed by atoms with E-state index in [-0.39, 0.29) is 5.96 Å². The van der Waals surface area contributed by atoms with Gasteiger partial charge in [0.1, 0.15) is 18.1 Å². The lowest BCUT2D eigenvalue weighted by molar-refractivity contribution is -0.737. The lowest BCUT2D eigenvalue weighted by Crippen LogP contribution is -2.65. The van der Waals surface area contributed by atoms with Crippen LogP contribution in [-0.4, -0.2) is 37.2 Å². The molecule has 1 aliphatic rings. The van der Waals surface area contributed by atoms with Crippen LogP contribution < -0.4 is 14.5 Å². The van der Waals surface area contributed by atoms with E-state index in [2.05, 4.69) is 55.3 Å². The van der Waals surface area contributed by atoms with Crippen LogP contribution >= 0.6 is 0 Å². The van der Waals surface area contributed by atoms with Crippen LogP contribution in [0.3, 0.4) is 0 Å². The molecule has 0 fully saturated rings. The number of carbonyl (C=O) groups excluding carboxylic acids is 1. The number of benzene rings is 2. The van der Waals surface area contributed by atoms with Crippen molar-refractivity contribution in [3.63, 3.8) is 0 Å².